The fourth-order valence-electron chi connectivity index (χ4n) is 4.25. The molecule has 0 unspecified atom stereocenters. The van der Waals surface area contributed by atoms with Gasteiger partial charge >= 0.3 is 0 Å². The number of amides is 2. The molecular weight excluding hydrogens is 440 g/mol. The van der Waals surface area contributed by atoms with Gasteiger partial charge in [0.05, 0.1) is 10.6 Å². The molecule has 0 saturated carbocycles. The van der Waals surface area contributed by atoms with E-state index in [1.165, 1.54) is 34.3 Å². The lowest BCUT2D eigenvalue weighted by Crippen LogP contribution is -2.44. The molecule has 2 aliphatic heterocycles. The molecule has 170 valence electrons. The number of carbonyl (C=O) groups excluding carboxylic acids is 2. The van der Waals surface area contributed by atoms with Gasteiger partial charge in [0.1, 0.15) is 17.7 Å². The van der Waals surface area contributed by atoms with Crippen LogP contribution in [0.25, 0.3) is 0 Å². The van der Waals surface area contributed by atoms with Crippen LogP contribution in [0.1, 0.15) is 31.7 Å². The van der Waals surface area contributed by atoms with Crippen LogP contribution in [-0.4, -0.2) is 43.7 Å². The number of halogens is 2. The van der Waals surface area contributed by atoms with Crippen LogP contribution in [0.5, 0.6) is 0 Å². The molecule has 0 aromatic heterocycles. The average molecular weight is 464 g/mol. The molecular formula is C22H23F2N3O4S. The molecule has 4 rings (SSSR count). The first-order chi connectivity index (χ1) is 15.2. The molecule has 2 aromatic rings. The van der Waals surface area contributed by atoms with Gasteiger partial charge in [-0.05, 0) is 48.7 Å². The van der Waals surface area contributed by atoms with E-state index in [-0.39, 0.29) is 17.0 Å². The normalized spacial score (nSPS) is 19.0. The lowest BCUT2D eigenvalue weighted by molar-refractivity contribution is -0.122. The van der Waals surface area contributed by atoms with Gasteiger partial charge in [0.25, 0.3) is 0 Å². The molecule has 10 heteroatoms. The Morgan fingerprint density at radius 2 is 1.75 bits per heavy atom. The molecule has 2 heterocycles. The van der Waals surface area contributed by atoms with E-state index in [2.05, 4.69) is 5.32 Å². The summed E-state index contributed by atoms with van der Waals surface area (Å²) in [6.45, 7) is 2.21. The van der Waals surface area contributed by atoms with Crippen molar-refractivity contribution in [3.8, 4) is 0 Å². The third kappa shape index (κ3) is 4.12. The van der Waals surface area contributed by atoms with Crippen molar-refractivity contribution in [2.45, 2.75) is 43.5 Å². The molecule has 32 heavy (non-hydrogen) atoms. The van der Waals surface area contributed by atoms with Crippen molar-refractivity contribution < 1.29 is 26.8 Å². The number of nitrogens with one attached hydrogen (secondary N) is 1. The first-order valence-electron chi connectivity index (χ1n) is 10.4. The summed E-state index contributed by atoms with van der Waals surface area (Å²) < 4.78 is 54.9. The van der Waals surface area contributed by atoms with Crippen LogP contribution in [0.3, 0.4) is 0 Å². The number of rotatable bonds is 4. The fourth-order valence-corrected chi connectivity index (χ4v) is 5.82. The Kier molecular flexibility index (Phi) is 6.00. The second-order valence-electron chi connectivity index (χ2n) is 7.98. The first kappa shape index (κ1) is 22.3. The summed E-state index contributed by atoms with van der Waals surface area (Å²) in [5, 5.41) is 2.33. The zero-order chi connectivity index (χ0) is 23.0. The van der Waals surface area contributed by atoms with Gasteiger partial charge in [-0.15, -0.1) is 0 Å². The fraction of sp³-hybridized carbons (Fsp3) is 0.364. The van der Waals surface area contributed by atoms with Crippen LogP contribution < -0.4 is 10.2 Å². The third-order valence-electron chi connectivity index (χ3n) is 5.82. The minimum atomic E-state index is -3.68. The molecule has 2 aromatic carbocycles. The Labute approximate surface area is 185 Å². The molecule has 7 nitrogen and oxygen atoms in total. The highest BCUT2D eigenvalue weighted by Gasteiger charge is 2.38. The van der Waals surface area contributed by atoms with Gasteiger partial charge in [0.2, 0.25) is 21.8 Å². The summed E-state index contributed by atoms with van der Waals surface area (Å²) >= 11 is 0. The van der Waals surface area contributed by atoms with Crippen LogP contribution in [0.4, 0.5) is 20.2 Å². The predicted molar refractivity (Wildman–Crippen MR) is 115 cm³/mol. The number of hydrogen-bond acceptors (Lipinski definition) is 4. The summed E-state index contributed by atoms with van der Waals surface area (Å²) in [6, 6.07) is 6.12. The molecule has 2 aliphatic rings. The van der Waals surface area contributed by atoms with Crippen LogP contribution in [0, 0.1) is 11.6 Å². The molecule has 1 fully saturated rings. The van der Waals surface area contributed by atoms with Gasteiger partial charge < -0.3 is 5.32 Å². The second kappa shape index (κ2) is 8.59. The van der Waals surface area contributed by atoms with Crippen LogP contribution in [-0.2, 0) is 26.0 Å². The first-order valence-corrected chi connectivity index (χ1v) is 11.8. The summed E-state index contributed by atoms with van der Waals surface area (Å²) in [4.78, 5) is 26.5. The number of benzene rings is 2. The average Bonchev–Trinajstić information content (AvgIpc) is 3.16. The maximum atomic E-state index is 14.0. The van der Waals surface area contributed by atoms with Crippen molar-refractivity contribution in [3.63, 3.8) is 0 Å². The van der Waals surface area contributed by atoms with E-state index < -0.39 is 39.5 Å². The maximum absolute atomic E-state index is 14.0. The van der Waals surface area contributed by atoms with Crippen LogP contribution in [0.2, 0.25) is 0 Å². The molecule has 0 bridgehead atoms. The zero-order valence-corrected chi connectivity index (χ0v) is 18.3. The Morgan fingerprint density at radius 3 is 2.44 bits per heavy atom. The Morgan fingerprint density at radius 1 is 1.03 bits per heavy atom. The Balaban J connectivity index is 1.62. The van der Waals surface area contributed by atoms with E-state index in [0.29, 0.717) is 24.3 Å². The van der Waals surface area contributed by atoms with Gasteiger partial charge in [-0.2, -0.15) is 4.31 Å². The lowest BCUT2D eigenvalue weighted by atomic mass is 10.1. The van der Waals surface area contributed by atoms with Gasteiger partial charge in [-0.1, -0.05) is 6.42 Å². The highest BCUT2D eigenvalue weighted by molar-refractivity contribution is 7.89. The molecule has 1 saturated heterocycles. The minimum Gasteiger partial charge on any atom is -0.322 e. The summed E-state index contributed by atoms with van der Waals surface area (Å²) in [5.74, 6) is -2.64. The number of anilines is 2. The third-order valence-corrected chi connectivity index (χ3v) is 7.71. The monoisotopic (exact) mass is 463 g/mol. The quantitative estimate of drug-likeness (QED) is 0.755. The predicted octanol–water partition coefficient (Wildman–Crippen LogP) is 3.06. The largest absolute Gasteiger partial charge is 0.322 e. The number of fused-ring (bicyclic) bond motifs is 1. The van der Waals surface area contributed by atoms with Gasteiger partial charge in [0.15, 0.2) is 0 Å². The van der Waals surface area contributed by atoms with Crippen molar-refractivity contribution in [2.75, 3.05) is 23.3 Å². The zero-order valence-electron chi connectivity index (χ0n) is 17.5. The van der Waals surface area contributed by atoms with E-state index >= 15 is 0 Å². The topological polar surface area (TPSA) is 86.8 Å². The van der Waals surface area contributed by atoms with E-state index in [1.54, 1.807) is 0 Å². The smallest absolute Gasteiger partial charge is 0.247 e. The van der Waals surface area contributed by atoms with Gasteiger partial charge in [0, 0.05) is 38.2 Å². The number of piperidine rings is 1. The highest BCUT2D eigenvalue weighted by atomic mass is 32.2. The van der Waals surface area contributed by atoms with Crippen molar-refractivity contribution >= 4 is 33.2 Å². The van der Waals surface area contributed by atoms with Crippen LogP contribution >= 0.6 is 0 Å². The highest BCUT2D eigenvalue weighted by Crippen LogP contribution is 2.35. The van der Waals surface area contributed by atoms with E-state index in [9.17, 15) is 26.8 Å². The Hall–Kier alpha value is -2.85. The molecule has 0 radical (unpaired) electrons. The number of sulfonamides is 1. The SMILES string of the molecule is CC(=O)N1c2ccc(S(=O)(=O)N3CCCCC3)cc2C[C@@H]1C(=O)Nc1cc(F)ccc1F. The lowest BCUT2D eigenvalue weighted by Gasteiger charge is -2.26. The second-order valence-corrected chi connectivity index (χ2v) is 9.92. The van der Waals surface area contributed by atoms with E-state index in [0.717, 1.165) is 37.5 Å². The standard InChI is InChI=1S/C22H23F2N3O4S/c1-14(28)27-20-8-6-17(32(30,31)26-9-3-2-4-10-26)11-15(20)12-21(27)22(29)25-19-13-16(23)5-7-18(19)24/h5-8,11,13,21H,2-4,9-10,12H2,1H3,(H,25,29)/t21-/m1/s1. The molecule has 0 spiro atoms. The molecule has 0 aliphatic carbocycles. The molecule has 1 N–H and O–H groups in total. The number of nitrogens with zero attached hydrogens (tertiary/aromatic N) is 2. The van der Waals surface area contributed by atoms with Crippen LogP contribution in [0.15, 0.2) is 41.3 Å². The van der Waals surface area contributed by atoms with Gasteiger partial charge in [-0.25, -0.2) is 17.2 Å². The summed E-state index contributed by atoms with van der Waals surface area (Å²) in [7, 11) is -3.68. The van der Waals surface area contributed by atoms with E-state index in [4.69, 9.17) is 0 Å². The minimum absolute atomic E-state index is 0.0566. The van der Waals surface area contributed by atoms with Crippen molar-refractivity contribution in [3.05, 3.63) is 53.6 Å². The summed E-state index contributed by atoms with van der Waals surface area (Å²) in [5.41, 5.74) is 0.621. The van der Waals surface area contributed by atoms with Crippen molar-refractivity contribution in [2.24, 2.45) is 0 Å². The van der Waals surface area contributed by atoms with E-state index in [1.807, 2.05) is 0 Å². The maximum Gasteiger partial charge on any atom is 0.247 e. The summed E-state index contributed by atoms with van der Waals surface area (Å²) in [6.07, 6.45) is 2.66. The van der Waals surface area contributed by atoms with Crippen molar-refractivity contribution in [1.82, 2.24) is 4.31 Å². The molecule has 1 atom stereocenters. The number of hydrogen-bond donors (Lipinski definition) is 1. The van der Waals surface area contributed by atoms with Crippen molar-refractivity contribution in [1.29, 1.82) is 0 Å². The number of carbonyl (C=O) groups is 2. The van der Waals surface area contributed by atoms with Gasteiger partial charge in [-0.3, -0.25) is 14.5 Å². The Bertz CT molecular complexity index is 1180. The molecule has 2 amide bonds.